The summed E-state index contributed by atoms with van der Waals surface area (Å²) in [5, 5.41) is 3.78. The highest BCUT2D eigenvalue weighted by Gasteiger charge is 2.30. The average molecular weight is 288 g/mol. The molecule has 21 heavy (non-hydrogen) atoms. The zero-order valence-corrected chi connectivity index (χ0v) is 14.4. The summed E-state index contributed by atoms with van der Waals surface area (Å²) < 4.78 is 0. The van der Waals surface area contributed by atoms with Crippen molar-refractivity contribution in [3.63, 3.8) is 0 Å². The average Bonchev–Trinajstić information content (AvgIpc) is 2.34. The van der Waals surface area contributed by atoms with Crippen molar-refractivity contribution < 1.29 is 0 Å². The second-order valence-corrected chi connectivity index (χ2v) is 7.43. The maximum absolute atomic E-state index is 3.78. The second-order valence-electron chi connectivity index (χ2n) is 7.43. The van der Waals surface area contributed by atoms with Crippen molar-refractivity contribution in [3.8, 4) is 0 Å². The van der Waals surface area contributed by atoms with Gasteiger partial charge >= 0.3 is 0 Å². The number of aryl methyl sites for hydroxylation is 1. The van der Waals surface area contributed by atoms with E-state index in [0.29, 0.717) is 12.1 Å². The van der Waals surface area contributed by atoms with Crippen LogP contribution in [-0.4, -0.2) is 37.6 Å². The van der Waals surface area contributed by atoms with Crippen LogP contribution in [0.4, 0.5) is 0 Å². The Morgan fingerprint density at radius 3 is 2.52 bits per heavy atom. The maximum Gasteiger partial charge on any atom is 0.0217 e. The van der Waals surface area contributed by atoms with Crippen molar-refractivity contribution in [2.24, 2.45) is 5.92 Å². The molecule has 1 unspecified atom stereocenters. The molecular formula is C19H32N2. The van der Waals surface area contributed by atoms with Crippen LogP contribution in [0.2, 0.25) is 0 Å². The Balaban J connectivity index is 1.75. The Hall–Kier alpha value is -0.860. The molecular weight excluding hydrogens is 256 g/mol. The summed E-state index contributed by atoms with van der Waals surface area (Å²) in [6.45, 7) is 7.93. The van der Waals surface area contributed by atoms with Crippen LogP contribution in [0.25, 0.3) is 0 Å². The van der Waals surface area contributed by atoms with Gasteiger partial charge in [0.1, 0.15) is 0 Å². The van der Waals surface area contributed by atoms with Crippen LogP contribution in [0, 0.1) is 12.8 Å². The van der Waals surface area contributed by atoms with Gasteiger partial charge in [-0.1, -0.05) is 43.7 Å². The molecule has 0 saturated heterocycles. The van der Waals surface area contributed by atoms with Crippen LogP contribution < -0.4 is 5.32 Å². The Kier molecular flexibility index (Phi) is 5.83. The third-order valence-electron chi connectivity index (χ3n) is 4.77. The number of nitrogens with zero attached hydrogens (tertiary/aromatic N) is 1. The van der Waals surface area contributed by atoms with Gasteiger partial charge in [0, 0.05) is 18.6 Å². The lowest BCUT2D eigenvalue weighted by Gasteiger charge is -2.38. The molecule has 0 aromatic heterocycles. The number of hydrogen-bond donors (Lipinski definition) is 1. The summed E-state index contributed by atoms with van der Waals surface area (Å²) >= 11 is 0. The molecule has 1 fully saturated rings. The third-order valence-corrected chi connectivity index (χ3v) is 4.77. The second kappa shape index (κ2) is 7.42. The van der Waals surface area contributed by atoms with Gasteiger partial charge < -0.3 is 10.2 Å². The Bertz CT molecular complexity index is 433. The number of nitrogens with one attached hydrogen (secondary N) is 1. The summed E-state index contributed by atoms with van der Waals surface area (Å²) in [5.41, 5.74) is 2.91. The molecule has 1 atom stereocenters. The molecule has 2 rings (SSSR count). The van der Waals surface area contributed by atoms with Crippen LogP contribution in [-0.2, 0) is 0 Å². The third kappa shape index (κ3) is 4.82. The standard InChI is InChI=1S/C19H32N2/c1-14(2)9-19(21(4)5)13-20-18-11-17(12-18)16-8-6-7-15(3)10-16/h6-8,10,14,17-20H,9,11-13H2,1-5H3. The lowest BCUT2D eigenvalue weighted by Crippen LogP contribution is -2.47. The predicted octanol–water partition coefficient (Wildman–Crippen LogP) is 3.81. The van der Waals surface area contributed by atoms with Gasteiger partial charge in [0.2, 0.25) is 0 Å². The summed E-state index contributed by atoms with van der Waals surface area (Å²) in [7, 11) is 4.40. The first-order chi connectivity index (χ1) is 9.95. The minimum Gasteiger partial charge on any atom is -0.312 e. The van der Waals surface area contributed by atoms with Crippen molar-refractivity contribution in [1.29, 1.82) is 0 Å². The zero-order chi connectivity index (χ0) is 15.4. The topological polar surface area (TPSA) is 15.3 Å². The van der Waals surface area contributed by atoms with Crippen LogP contribution in [0.15, 0.2) is 24.3 Å². The SMILES string of the molecule is Cc1cccc(C2CC(NCC(CC(C)C)N(C)C)C2)c1. The molecule has 0 bridgehead atoms. The zero-order valence-electron chi connectivity index (χ0n) is 14.4. The van der Waals surface area contributed by atoms with E-state index in [1.54, 1.807) is 0 Å². The van der Waals surface area contributed by atoms with Crippen LogP contribution in [0.1, 0.15) is 50.2 Å². The van der Waals surface area contributed by atoms with Crippen LogP contribution in [0.5, 0.6) is 0 Å². The maximum atomic E-state index is 3.78. The largest absolute Gasteiger partial charge is 0.312 e. The van der Waals surface area contributed by atoms with E-state index in [9.17, 15) is 0 Å². The van der Waals surface area contributed by atoms with Gasteiger partial charge in [0.05, 0.1) is 0 Å². The van der Waals surface area contributed by atoms with E-state index in [-0.39, 0.29) is 0 Å². The van der Waals surface area contributed by atoms with E-state index in [4.69, 9.17) is 0 Å². The lowest BCUT2D eigenvalue weighted by molar-refractivity contribution is 0.214. The van der Waals surface area contributed by atoms with Crippen molar-refractivity contribution in [2.75, 3.05) is 20.6 Å². The molecule has 2 nitrogen and oxygen atoms in total. The van der Waals surface area contributed by atoms with Gasteiger partial charge in [-0.3, -0.25) is 0 Å². The molecule has 2 heteroatoms. The first kappa shape index (κ1) is 16.5. The highest BCUT2D eigenvalue weighted by atomic mass is 15.1. The van der Waals surface area contributed by atoms with E-state index in [1.807, 2.05) is 0 Å². The molecule has 1 aromatic carbocycles. The summed E-state index contributed by atoms with van der Waals surface area (Å²) in [6, 6.07) is 10.4. The lowest BCUT2D eigenvalue weighted by atomic mass is 9.75. The van der Waals surface area contributed by atoms with E-state index in [1.165, 1.54) is 30.4 Å². The fourth-order valence-electron chi connectivity index (χ4n) is 3.30. The first-order valence-electron chi connectivity index (χ1n) is 8.42. The number of hydrogen-bond acceptors (Lipinski definition) is 2. The fourth-order valence-corrected chi connectivity index (χ4v) is 3.30. The summed E-state index contributed by atoms with van der Waals surface area (Å²) in [4.78, 5) is 2.36. The number of benzene rings is 1. The molecule has 1 aromatic rings. The highest BCUT2D eigenvalue weighted by molar-refractivity contribution is 5.27. The van der Waals surface area contributed by atoms with Crippen LogP contribution in [0.3, 0.4) is 0 Å². The molecule has 118 valence electrons. The molecule has 0 spiro atoms. The van der Waals surface area contributed by atoms with Crippen molar-refractivity contribution in [3.05, 3.63) is 35.4 Å². The molecule has 1 N–H and O–H groups in total. The Labute approximate surface area is 130 Å². The van der Waals surface area contributed by atoms with Gasteiger partial charge in [-0.25, -0.2) is 0 Å². The minimum atomic E-state index is 0.656. The molecule has 0 amide bonds. The van der Waals surface area contributed by atoms with E-state index < -0.39 is 0 Å². The molecule has 1 saturated carbocycles. The Morgan fingerprint density at radius 1 is 1.24 bits per heavy atom. The summed E-state index contributed by atoms with van der Waals surface area (Å²) in [5.74, 6) is 1.53. The molecule has 0 heterocycles. The highest BCUT2D eigenvalue weighted by Crippen LogP contribution is 2.37. The van der Waals surface area contributed by atoms with Gasteiger partial charge in [0.15, 0.2) is 0 Å². The van der Waals surface area contributed by atoms with Gasteiger partial charge in [-0.2, -0.15) is 0 Å². The quantitative estimate of drug-likeness (QED) is 0.821. The first-order valence-corrected chi connectivity index (χ1v) is 8.42. The van der Waals surface area contributed by atoms with Gasteiger partial charge in [-0.05, 0) is 57.7 Å². The van der Waals surface area contributed by atoms with Crippen molar-refractivity contribution >= 4 is 0 Å². The monoisotopic (exact) mass is 288 g/mol. The van der Waals surface area contributed by atoms with Crippen molar-refractivity contribution in [2.45, 2.75) is 58.0 Å². The van der Waals surface area contributed by atoms with E-state index >= 15 is 0 Å². The fraction of sp³-hybridized carbons (Fsp3) is 0.684. The number of likely N-dealkylation sites (N-methyl/N-ethyl adjacent to an activating group) is 1. The minimum absolute atomic E-state index is 0.656. The normalized spacial score (nSPS) is 23.4. The number of rotatable bonds is 7. The molecule has 1 aliphatic carbocycles. The predicted molar refractivity (Wildman–Crippen MR) is 91.9 cm³/mol. The van der Waals surface area contributed by atoms with Gasteiger partial charge in [-0.15, -0.1) is 0 Å². The smallest absolute Gasteiger partial charge is 0.0217 e. The van der Waals surface area contributed by atoms with Crippen molar-refractivity contribution in [1.82, 2.24) is 10.2 Å². The van der Waals surface area contributed by atoms with Crippen LogP contribution >= 0.6 is 0 Å². The Morgan fingerprint density at radius 2 is 1.95 bits per heavy atom. The van der Waals surface area contributed by atoms with E-state index in [2.05, 4.69) is 69.3 Å². The molecule has 0 radical (unpaired) electrons. The van der Waals surface area contributed by atoms with Gasteiger partial charge in [0.25, 0.3) is 0 Å². The molecule has 1 aliphatic rings. The summed E-state index contributed by atoms with van der Waals surface area (Å²) in [6.07, 6.45) is 3.87. The molecule has 0 aliphatic heterocycles. The van der Waals surface area contributed by atoms with E-state index in [0.717, 1.165) is 18.4 Å².